The lowest BCUT2D eigenvalue weighted by molar-refractivity contribution is 0.648. The van der Waals surface area contributed by atoms with Crippen LogP contribution in [0.3, 0.4) is 0 Å². The van der Waals surface area contributed by atoms with Gasteiger partial charge in [0.15, 0.2) is 0 Å². The molecular formula is C19H15N. The topological polar surface area (TPSA) is 23.8 Å². The number of nitriles is 1. The standard InChI is InChI=1S/C19H15N/c20-12-16-10-9-14-7-4-8-15-11-17(19(16)18(14)15)13-5-2-1-3-6-13/h1-8,10,17,19H,9,11H2/t17-,19+/m0/s1. The van der Waals surface area contributed by atoms with Gasteiger partial charge in [-0.15, -0.1) is 0 Å². The molecule has 4 rings (SSSR count). The fourth-order valence-electron chi connectivity index (χ4n) is 3.82. The average molecular weight is 257 g/mol. The van der Waals surface area contributed by atoms with Gasteiger partial charge in [-0.05, 0) is 41.0 Å². The van der Waals surface area contributed by atoms with Gasteiger partial charge >= 0.3 is 0 Å². The van der Waals surface area contributed by atoms with Crippen LogP contribution in [0.2, 0.25) is 0 Å². The normalized spacial score (nSPS) is 22.9. The van der Waals surface area contributed by atoms with E-state index in [1.165, 1.54) is 22.3 Å². The Kier molecular flexibility index (Phi) is 2.50. The summed E-state index contributed by atoms with van der Waals surface area (Å²) in [6.45, 7) is 0. The molecule has 2 aromatic rings. The van der Waals surface area contributed by atoms with Crippen LogP contribution in [0.5, 0.6) is 0 Å². The van der Waals surface area contributed by atoms with Gasteiger partial charge in [0.2, 0.25) is 0 Å². The Bertz CT molecular complexity index is 734. The predicted octanol–water partition coefficient (Wildman–Crippen LogP) is 4.12. The number of benzene rings is 2. The zero-order valence-corrected chi connectivity index (χ0v) is 11.2. The second kappa shape index (κ2) is 4.35. The van der Waals surface area contributed by atoms with E-state index < -0.39 is 0 Å². The van der Waals surface area contributed by atoms with Crippen molar-refractivity contribution in [2.75, 3.05) is 0 Å². The van der Waals surface area contributed by atoms with Crippen LogP contribution in [-0.4, -0.2) is 0 Å². The van der Waals surface area contributed by atoms with Gasteiger partial charge in [0.05, 0.1) is 6.07 Å². The van der Waals surface area contributed by atoms with Crippen molar-refractivity contribution in [1.29, 1.82) is 5.26 Å². The van der Waals surface area contributed by atoms with Crippen LogP contribution >= 0.6 is 0 Å². The molecule has 2 aliphatic rings. The Hall–Kier alpha value is -2.33. The van der Waals surface area contributed by atoms with Gasteiger partial charge in [-0.25, -0.2) is 0 Å². The average Bonchev–Trinajstić information content (AvgIpc) is 2.91. The number of allylic oxidation sites excluding steroid dienone is 2. The first-order valence-electron chi connectivity index (χ1n) is 7.14. The monoisotopic (exact) mass is 257 g/mol. The molecule has 2 atom stereocenters. The van der Waals surface area contributed by atoms with Crippen molar-refractivity contribution in [2.45, 2.75) is 24.7 Å². The first-order valence-corrected chi connectivity index (χ1v) is 7.14. The molecule has 20 heavy (non-hydrogen) atoms. The molecule has 0 spiro atoms. The van der Waals surface area contributed by atoms with E-state index in [0.717, 1.165) is 18.4 Å². The summed E-state index contributed by atoms with van der Waals surface area (Å²) in [5.41, 5.74) is 6.58. The van der Waals surface area contributed by atoms with Crippen molar-refractivity contribution < 1.29 is 0 Å². The van der Waals surface area contributed by atoms with E-state index in [4.69, 9.17) is 0 Å². The lowest BCUT2D eigenvalue weighted by Gasteiger charge is -2.25. The SMILES string of the molecule is N#CC1=CCc2cccc3c2[C@H]1[C@H](c1ccccc1)C3. The summed E-state index contributed by atoms with van der Waals surface area (Å²) in [5.74, 6) is 0.681. The highest BCUT2D eigenvalue weighted by Crippen LogP contribution is 2.50. The summed E-state index contributed by atoms with van der Waals surface area (Å²) in [5, 5.41) is 9.49. The van der Waals surface area contributed by atoms with Gasteiger partial charge in [0, 0.05) is 11.5 Å². The fraction of sp³-hybridized carbons (Fsp3) is 0.211. The third-order valence-electron chi connectivity index (χ3n) is 4.67. The van der Waals surface area contributed by atoms with E-state index in [2.05, 4.69) is 60.7 Å². The van der Waals surface area contributed by atoms with Crippen LogP contribution in [0.15, 0.2) is 60.2 Å². The van der Waals surface area contributed by atoms with Crippen molar-refractivity contribution in [3.63, 3.8) is 0 Å². The molecule has 0 unspecified atom stereocenters. The number of hydrogen-bond donors (Lipinski definition) is 0. The molecule has 0 aliphatic heterocycles. The third-order valence-corrected chi connectivity index (χ3v) is 4.67. The van der Waals surface area contributed by atoms with Crippen LogP contribution in [-0.2, 0) is 12.8 Å². The van der Waals surface area contributed by atoms with E-state index in [1.807, 2.05) is 0 Å². The zero-order valence-electron chi connectivity index (χ0n) is 11.2. The summed E-state index contributed by atoms with van der Waals surface area (Å²) in [6.07, 6.45) is 4.08. The predicted molar refractivity (Wildman–Crippen MR) is 79.5 cm³/mol. The highest BCUT2D eigenvalue weighted by molar-refractivity contribution is 5.56. The van der Waals surface area contributed by atoms with Gasteiger partial charge in [-0.3, -0.25) is 0 Å². The molecule has 0 heterocycles. The van der Waals surface area contributed by atoms with Crippen molar-refractivity contribution in [3.8, 4) is 6.07 Å². The molecule has 0 bridgehead atoms. The summed E-state index contributed by atoms with van der Waals surface area (Å²) >= 11 is 0. The van der Waals surface area contributed by atoms with E-state index >= 15 is 0 Å². The Labute approximate surface area is 119 Å². The van der Waals surface area contributed by atoms with Crippen LogP contribution in [0, 0.1) is 11.3 Å². The maximum atomic E-state index is 9.49. The maximum Gasteiger partial charge on any atom is 0.0950 e. The molecule has 2 aromatic carbocycles. The second-order valence-corrected chi connectivity index (χ2v) is 5.66. The van der Waals surface area contributed by atoms with Crippen molar-refractivity contribution in [2.24, 2.45) is 0 Å². The highest BCUT2D eigenvalue weighted by atomic mass is 14.4. The van der Waals surface area contributed by atoms with Crippen LogP contribution in [0.1, 0.15) is 34.1 Å². The Morgan fingerprint density at radius 1 is 0.950 bits per heavy atom. The van der Waals surface area contributed by atoms with Crippen LogP contribution < -0.4 is 0 Å². The van der Waals surface area contributed by atoms with Crippen LogP contribution in [0.4, 0.5) is 0 Å². The molecule has 2 aliphatic carbocycles. The van der Waals surface area contributed by atoms with Gasteiger partial charge in [0.25, 0.3) is 0 Å². The minimum absolute atomic E-state index is 0.266. The Balaban J connectivity index is 1.89. The van der Waals surface area contributed by atoms with Gasteiger partial charge in [-0.2, -0.15) is 5.26 Å². The minimum Gasteiger partial charge on any atom is -0.193 e. The first-order chi connectivity index (χ1) is 9.88. The molecule has 1 nitrogen and oxygen atoms in total. The molecule has 0 fully saturated rings. The summed E-state index contributed by atoms with van der Waals surface area (Å²) in [7, 11) is 0. The van der Waals surface area contributed by atoms with Crippen molar-refractivity contribution in [3.05, 3.63) is 82.4 Å². The fourth-order valence-corrected chi connectivity index (χ4v) is 3.82. The molecule has 0 N–H and O–H groups in total. The van der Waals surface area contributed by atoms with Crippen molar-refractivity contribution in [1.82, 2.24) is 0 Å². The smallest absolute Gasteiger partial charge is 0.0950 e. The lowest BCUT2D eigenvalue weighted by atomic mass is 9.77. The molecule has 0 saturated heterocycles. The minimum atomic E-state index is 0.266. The van der Waals surface area contributed by atoms with Gasteiger partial charge < -0.3 is 0 Å². The zero-order chi connectivity index (χ0) is 13.5. The second-order valence-electron chi connectivity index (χ2n) is 5.66. The molecule has 0 amide bonds. The highest BCUT2D eigenvalue weighted by Gasteiger charge is 2.38. The molecule has 0 aromatic heterocycles. The summed E-state index contributed by atoms with van der Waals surface area (Å²) in [4.78, 5) is 0. The van der Waals surface area contributed by atoms with E-state index in [0.29, 0.717) is 5.92 Å². The van der Waals surface area contributed by atoms with E-state index in [-0.39, 0.29) is 5.92 Å². The first kappa shape index (κ1) is 11.5. The Morgan fingerprint density at radius 2 is 1.75 bits per heavy atom. The van der Waals surface area contributed by atoms with E-state index in [1.54, 1.807) is 0 Å². The largest absolute Gasteiger partial charge is 0.193 e. The third kappa shape index (κ3) is 1.55. The molecule has 1 heteroatoms. The lowest BCUT2D eigenvalue weighted by Crippen LogP contribution is -2.13. The van der Waals surface area contributed by atoms with Gasteiger partial charge in [-0.1, -0.05) is 54.6 Å². The van der Waals surface area contributed by atoms with Crippen molar-refractivity contribution >= 4 is 0 Å². The van der Waals surface area contributed by atoms with Crippen LogP contribution in [0.25, 0.3) is 0 Å². The summed E-state index contributed by atoms with van der Waals surface area (Å²) < 4.78 is 0. The molecule has 0 saturated carbocycles. The Morgan fingerprint density at radius 3 is 2.55 bits per heavy atom. The quantitative estimate of drug-likeness (QED) is 0.754. The van der Waals surface area contributed by atoms with Gasteiger partial charge in [0.1, 0.15) is 0 Å². The molecule has 0 radical (unpaired) electrons. The summed E-state index contributed by atoms with van der Waals surface area (Å²) in [6, 6.07) is 19.7. The molecular weight excluding hydrogens is 242 g/mol. The number of rotatable bonds is 1. The number of nitrogens with zero attached hydrogens (tertiary/aromatic N) is 1. The maximum absolute atomic E-state index is 9.49. The number of hydrogen-bond acceptors (Lipinski definition) is 1. The molecule has 96 valence electrons. The van der Waals surface area contributed by atoms with E-state index in [9.17, 15) is 5.26 Å².